The Labute approximate surface area is 150 Å². The smallest absolute Gasteiger partial charge is 0.254 e. The molecule has 0 atom stereocenters. The quantitative estimate of drug-likeness (QED) is 0.618. The van der Waals surface area contributed by atoms with Crippen LogP contribution in [0.1, 0.15) is 31.3 Å². The summed E-state index contributed by atoms with van der Waals surface area (Å²) in [5, 5.41) is 10.1. The zero-order valence-electron chi connectivity index (χ0n) is 15.9. The summed E-state index contributed by atoms with van der Waals surface area (Å²) in [5.74, 6) is -0.868. The largest absolute Gasteiger partial charge is 0.508 e. The Morgan fingerprint density at radius 1 is 1.38 bits per heavy atom. The Balaban J connectivity index is 2.53. The number of nitrogens with two attached hydrogens (primary N) is 2. The van der Waals surface area contributed by atoms with Crippen LogP contribution in [0.25, 0.3) is 16.9 Å². The molecular weight excluding hydrogens is 374 g/mol. The van der Waals surface area contributed by atoms with Crippen LogP contribution in [0.2, 0.25) is 0 Å². The standard InChI is InChI=1S/C16H16BrN5O2/c1-6-4-5-9(23)7(2)12(6)22-14(18)10(15(19)24)11-16(22)21-13(17)8(3)20-11/h4-5,23H,18H2,1-3H3,(H2,19,24)/i3D3. The number of carbonyl (C=O) groups excluding carboxylic acids is 1. The molecule has 0 aliphatic heterocycles. The van der Waals surface area contributed by atoms with Gasteiger partial charge in [-0.15, -0.1) is 0 Å². The maximum absolute atomic E-state index is 12.0. The van der Waals surface area contributed by atoms with Gasteiger partial charge in [0.25, 0.3) is 5.91 Å². The second-order valence-corrected chi connectivity index (χ2v) is 6.12. The van der Waals surface area contributed by atoms with E-state index < -0.39 is 12.8 Å². The first kappa shape index (κ1) is 12.8. The van der Waals surface area contributed by atoms with Gasteiger partial charge in [-0.1, -0.05) is 6.07 Å². The monoisotopic (exact) mass is 392 g/mol. The molecule has 0 spiro atoms. The average molecular weight is 393 g/mol. The molecule has 0 aliphatic rings. The number of nitrogen functional groups attached to an aromatic ring is 1. The van der Waals surface area contributed by atoms with Crippen molar-refractivity contribution in [3.8, 4) is 11.4 Å². The van der Waals surface area contributed by atoms with Crippen LogP contribution in [-0.2, 0) is 0 Å². The van der Waals surface area contributed by atoms with Gasteiger partial charge in [0, 0.05) is 9.68 Å². The number of phenols is 1. The number of carbonyl (C=O) groups is 1. The van der Waals surface area contributed by atoms with Crippen molar-refractivity contribution >= 4 is 38.8 Å². The molecule has 0 bridgehead atoms. The van der Waals surface area contributed by atoms with E-state index in [1.807, 2.05) is 0 Å². The number of primary amides is 1. The minimum atomic E-state index is -2.55. The van der Waals surface area contributed by atoms with E-state index in [1.54, 1.807) is 26.0 Å². The molecule has 124 valence electrons. The van der Waals surface area contributed by atoms with E-state index in [0.717, 1.165) is 5.56 Å². The Morgan fingerprint density at radius 3 is 2.71 bits per heavy atom. The number of aryl methyl sites for hydroxylation is 2. The van der Waals surface area contributed by atoms with Crippen molar-refractivity contribution in [3.63, 3.8) is 0 Å². The summed E-state index contributed by atoms with van der Waals surface area (Å²) >= 11 is 3.13. The van der Waals surface area contributed by atoms with Gasteiger partial charge >= 0.3 is 0 Å². The predicted octanol–water partition coefficient (Wildman–Crippen LogP) is 2.49. The maximum atomic E-state index is 12.0. The number of hydrogen-bond donors (Lipinski definition) is 3. The van der Waals surface area contributed by atoms with Gasteiger partial charge in [-0.05, 0) is 48.3 Å². The molecule has 2 heterocycles. The molecule has 2 aromatic heterocycles. The van der Waals surface area contributed by atoms with Crippen molar-refractivity contribution in [2.75, 3.05) is 5.73 Å². The maximum Gasteiger partial charge on any atom is 0.254 e. The predicted molar refractivity (Wildman–Crippen MR) is 95.4 cm³/mol. The topological polar surface area (TPSA) is 120 Å². The van der Waals surface area contributed by atoms with Crippen molar-refractivity contribution in [2.24, 2.45) is 5.73 Å². The van der Waals surface area contributed by atoms with Crippen molar-refractivity contribution in [1.29, 1.82) is 0 Å². The van der Waals surface area contributed by atoms with Crippen LogP contribution in [0.15, 0.2) is 16.7 Å². The number of fused-ring (bicyclic) bond motifs is 1. The zero-order chi connectivity index (χ0) is 20.3. The molecule has 3 aromatic rings. The Kier molecular flexibility index (Phi) is 2.92. The number of benzene rings is 1. The number of anilines is 1. The fraction of sp³-hybridized carbons (Fsp3) is 0.188. The van der Waals surface area contributed by atoms with Crippen LogP contribution in [0, 0.1) is 20.7 Å². The summed E-state index contributed by atoms with van der Waals surface area (Å²) in [6.45, 7) is 0.936. The van der Waals surface area contributed by atoms with E-state index in [9.17, 15) is 9.90 Å². The average Bonchev–Trinajstić information content (AvgIpc) is 2.82. The molecule has 1 amide bonds. The van der Waals surface area contributed by atoms with E-state index in [2.05, 4.69) is 25.9 Å². The summed E-state index contributed by atoms with van der Waals surface area (Å²) < 4.78 is 24.2. The van der Waals surface area contributed by atoms with Crippen LogP contribution < -0.4 is 11.5 Å². The van der Waals surface area contributed by atoms with Gasteiger partial charge in [-0.25, -0.2) is 9.97 Å². The molecule has 0 fully saturated rings. The normalized spacial score (nSPS) is 13.5. The highest BCUT2D eigenvalue weighted by molar-refractivity contribution is 9.10. The van der Waals surface area contributed by atoms with Crippen LogP contribution in [0.5, 0.6) is 5.75 Å². The Hall–Kier alpha value is -2.61. The number of amides is 1. The Morgan fingerprint density at radius 2 is 2.08 bits per heavy atom. The van der Waals surface area contributed by atoms with Gasteiger partial charge in [0.1, 0.15) is 27.3 Å². The first-order valence-electron chi connectivity index (χ1n) is 8.42. The van der Waals surface area contributed by atoms with E-state index >= 15 is 0 Å². The lowest BCUT2D eigenvalue weighted by atomic mass is 10.1. The van der Waals surface area contributed by atoms with Gasteiger partial charge in [0.05, 0.1) is 11.4 Å². The van der Waals surface area contributed by atoms with Gasteiger partial charge in [-0.3, -0.25) is 9.36 Å². The summed E-state index contributed by atoms with van der Waals surface area (Å²) in [4.78, 5) is 20.4. The second kappa shape index (κ2) is 5.48. The van der Waals surface area contributed by atoms with Crippen LogP contribution in [0.3, 0.4) is 0 Å². The molecule has 3 rings (SSSR count). The summed E-state index contributed by atoms with van der Waals surface area (Å²) in [5.41, 5.74) is 13.1. The molecule has 8 heteroatoms. The van der Waals surface area contributed by atoms with Crippen molar-refractivity contribution in [1.82, 2.24) is 14.5 Å². The molecule has 0 radical (unpaired) electrons. The summed E-state index contributed by atoms with van der Waals surface area (Å²) in [6, 6.07) is 3.23. The fourth-order valence-electron chi connectivity index (χ4n) is 2.72. The number of hydrogen-bond acceptors (Lipinski definition) is 5. The third-order valence-corrected chi connectivity index (χ3v) is 4.41. The summed E-state index contributed by atoms with van der Waals surface area (Å²) in [7, 11) is 0. The van der Waals surface area contributed by atoms with E-state index in [1.165, 1.54) is 4.57 Å². The molecule has 0 saturated heterocycles. The highest BCUT2D eigenvalue weighted by atomic mass is 79.9. The number of rotatable bonds is 2. The number of phenolic OH excluding ortho intramolecular Hbond substituents is 1. The third-order valence-electron chi connectivity index (χ3n) is 3.85. The number of halogens is 1. The highest BCUT2D eigenvalue weighted by Crippen LogP contribution is 2.35. The molecular formula is C16H16BrN5O2. The lowest BCUT2D eigenvalue weighted by molar-refractivity contribution is 0.100. The van der Waals surface area contributed by atoms with E-state index in [-0.39, 0.29) is 38.6 Å². The minimum absolute atomic E-state index is 0.000213. The van der Waals surface area contributed by atoms with Gasteiger partial charge in [0.2, 0.25) is 0 Å². The molecule has 1 aromatic carbocycles. The third kappa shape index (κ3) is 2.22. The first-order chi connectivity index (χ1) is 12.4. The Bertz CT molecular complexity index is 1110. The lowest BCUT2D eigenvalue weighted by Crippen LogP contribution is -2.14. The lowest BCUT2D eigenvalue weighted by Gasteiger charge is -2.15. The van der Waals surface area contributed by atoms with Crippen molar-refractivity contribution in [2.45, 2.75) is 20.7 Å². The van der Waals surface area contributed by atoms with Gasteiger partial charge < -0.3 is 16.6 Å². The van der Waals surface area contributed by atoms with Crippen LogP contribution in [-0.4, -0.2) is 25.5 Å². The van der Waals surface area contributed by atoms with E-state index in [0.29, 0.717) is 11.3 Å². The van der Waals surface area contributed by atoms with Crippen LogP contribution in [0.4, 0.5) is 5.82 Å². The fourth-order valence-corrected chi connectivity index (χ4v) is 2.97. The summed E-state index contributed by atoms with van der Waals surface area (Å²) in [6.07, 6.45) is 0. The van der Waals surface area contributed by atoms with Gasteiger partial charge in [-0.2, -0.15) is 0 Å². The van der Waals surface area contributed by atoms with Crippen molar-refractivity contribution < 1.29 is 14.0 Å². The molecule has 0 aliphatic carbocycles. The SMILES string of the molecule is [2H]C([2H])([2H])c1nc2c(C(N)=O)c(N)n(-c3c(C)ccc(O)c3C)c2nc1Br. The molecule has 24 heavy (non-hydrogen) atoms. The molecule has 7 nitrogen and oxygen atoms in total. The minimum Gasteiger partial charge on any atom is -0.508 e. The zero-order valence-corrected chi connectivity index (χ0v) is 14.5. The molecule has 5 N–H and O–H groups in total. The highest BCUT2D eigenvalue weighted by Gasteiger charge is 2.25. The van der Waals surface area contributed by atoms with Gasteiger partial charge in [0.15, 0.2) is 5.65 Å². The number of aromatic hydroxyl groups is 1. The second-order valence-electron chi connectivity index (χ2n) is 5.37. The first-order valence-corrected chi connectivity index (χ1v) is 7.71. The van der Waals surface area contributed by atoms with Crippen LogP contribution >= 0.6 is 15.9 Å². The van der Waals surface area contributed by atoms with Crippen molar-refractivity contribution in [3.05, 3.63) is 39.1 Å². The number of nitrogens with zero attached hydrogens (tertiary/aromatic N) is 3. The number of aromatic nitrogens is 3. The molecule has 0 saturated carbocycles. The molecule has 0 unspecified atom stereocenters. The van der Waals surface area contributed by atoms with E-state index in [4.69, 9.17) is 15.6 Å².